The van der Waals surface area contributed by atoms with Crippen molar-refractivity contribution in [2.45, 2.75) is 40.3 Å². The summed E-state index contributed by atoms with van der Waals surface area (Å²) in [6, 6.07) is 2.50. The fourth-order valence-electron chi connectivity index (χ4n) is 2.90. The van der Waals surface area contributed by atoms with Crippen molar-refractivity contribution in [1.29, 1.82) is 0 Å². The molecule has 1 fully saturated rings. The van der Waals surface area contributed by atoms with Crippen molar-refractivity contribution in [3.05, 3.63) is 34.2 Å². The Labute approximate surface area is 136 Å². The largest absolute Gasteiger partial charge is 0.339 e. The normalized spacial score (nSPS) is 18.7. The van der Waals surface area contributed by atoms with E-state index >= 15 is 0 Å². The molecule has 1 aromatic heterocycles. The molecule has 0 radical (unpaired) electrons. The van der Waals surface area contributed by atoms with Gasteiger partial charge in [-0.25, -0.2) is 0 Å². The van der Waals surface area contributed by atoms with Gasteiger partial charge in [-0.2, -0.15) is 0 Å². The third-order valence-corrected chi connectivity index (χ3v) is 4.18. The molecule has 1 aliphatic heterocycles. The van der Waals surface area contributed by atoms with Crippen molar-refractivity contribution < 1.29 is 9.59 Å². The molecule has 0 unspecified atom stereocenters. The van der Waals surface area contributed by atoms with Crippen molar-refractivity contribution in [2.24, 2.45) is 5.92 Å². The number of hydrogen-bond acceptors (Lipinski definition) is 3. The summed E-state index contributed by atoms with van der Waals surface area (Å²) in [7, 11) is 0. The molecule has 2 rings (SSSR count). The standard InChI is InChI=1S/C17H25N3O3/c1-5-18-7-6-14(10-15(18)21)17(23)20-9-8-19(11-12(2)3)16(22)13(20)4/h6-7,10,12-13H,5,8-9,11H2,1-4H3/t13-/m1/s1. The van der Waals surface area contributed by atoms with Gasteiger partial charge in [0, 0.05) is 44.0 Å². The molecule has 0 aromatic carbocycles. The van der Waals surface area contributed by atoms with E-state index in [1.165, 1.54) is 10.6 Å². The van der Waals surface area contributed by atoms with Gasteiger partial charge in [-0.05, 0) is 25.8 Å². The number of carbonyl (C=O) groups excluding carboxylic acids is 2. The van der Waals surface area contributed by atoms with Crippen molar-refractivity contribution in [1.82, 2.24) is 14.4 Å². The first-order valence-electron chi connectivity index (χ1n) is 8.15. The number of hydrogen-bond donors (Lipinski definition) is 0. The monoisotopic (exact) mass is 319 g/mol. The number of carbonyl (C=O) groups is 2. The van der Waals surface area contributed by atoms with E-state index in [1.807, 2.05) is 11.8 Å². The van der Waals surface area contributed by atoms with Crippen molar-refractivity contribution >= 4 is 11.8 Å². The van der Waals surface area contributed by atoms with E-state index < -0.39 is 6.04 Å². The number of pyridine rings is 1. The molecule has 1 aromatic rings. The van der Waals surface area contributed by atoms with Crippen LogP contribution in [-0.2, 0) is 11.3 Å². The first kappa shape index (κ1) is 17.2. The number of nitrogens with zero attached hydrogens (tertiary/aromatic N) is 3. The third kappa shape index (κ3) is 3.63. The molecular formula is C17H25N3O3. The van der Waals surface area contributed by atoms with Crippen LogP contribution in [0.4, 0.5) is 0 Å². The third-order valence-electron chi connectivity index (χ3n) is 4.18. The molecule has 1 aliphatic rings. The second-order valence-electron chi connectivity index (χ2n) is 6.39. The molecule has 0 N–H and O–H groups in total. The Morgan fingerprint density at radius 1 is 1.30 bits per heavy atom. The molecule has 0 spiro atoms. The molecule has 0 saturated carbocycles. The zero-order valence-corrected chi connectivity index (χ0v) is 14.3. The minimum Gasteiger partial charge on any atom is -0.339 e. The summed E-state index contributed by atoms with van der Waals surface area (Å²) in [5, 5.41) is 0. The van der Waals surface area contributed by atoms with Gasteiger partial charge < -0.3 is 14.4 Å². The Morgan fingerprint density at radius 3 is 2.57 bits per heavy atom. The van der Waals surface area contributed by atoms with E-state index in [0.717, 1.165) is 0 Å². The predicted octanol–water partition coefficient (Wildman–Crippen LogP) is 1.20. The molecular weight excluding hydrogens is 294 g/mol. The maximum Gasteiger partial charge on any atom is 0.254 e. The van der Waals surface area contributed by atoms with E-state index in [4.69, 9.17) is 0 Å². The van der Waals surface area contributed by atoms with Gasteiger partial charge in [-0.3, -0.25) is 14.4 Å². The highest BCUT2D eigenvalue weighted by molar-refractivity contribution is 5.98. The number of amides is 2. The summed E-state index contributed by atoms with van der Waals surface area (Å²) in [4.78, 5) is 40.4. The van der Waals surface area contributed by atoms with Crippen LogP contribution in [0.1, 0.15) is 38.1 Å². The summed E-state index contributed by atoms with van der Waals surface area (Å²) in [5.41, 5.74) is 0.146. The van der Waals surface area contributed by atoms with Crippen LogP contribution in [-0.4, -0.2) is 51.9 Å². The second-order valence-corrected chi connectivity index (χ2v) is 6.39. The molecule has 2 amide bonds. The summed E-state index contributed by atoms with van der Waals surface area (Å²) in [6.07, 6.45) is 1.62. The zero-order valence-electron chi connectivity index (χ0n) is 14.3. The average Bonchev–Trinajstić information content (AvgIpc) is 2.51. The van der Waals surface area contributed by atoms with Gasteiger partial charge >= 0.3 is 0 Å². The van der Waals surface area contributed by atoms with Gasteiger partial charge in [-0.15, -0.1) is 0 Å². The fraction of sp³-hybridized carbons (Fsp3) is 0.588. The highest BCUT2D eigenvalue weighted by Gasteiger charge is 2.34. The van der Waals surface area contributed by atoms with E-state index in [0.29, 0.717) is 37.7 Å². The van der Waals surface area contributed by atoms with E-state index in [-0.39, 0.29) is 17.4 Å². The van der Waals surface area contributed by atoms with Crippen molar-refractivity contribution in [3.63, 3.8) is 0 Å². The second kappa shape index (κ2) is 6.98. The van der Waals surface area contributed by atoms with Crippen LogP contribution in [0.5, 0.6) is 0 Å². The molecule has 126 valence electrons. The Balaban J connectivity index is 2.16. The first-order chi connectivity index (χ1) is 10.8. The van der Waals surface area contributed by atoms with Crippen LogP contribution in [0.15, 0.2) is 23.1 Å². The van der Waals surface area contributed by atoms with Gasteiger partial charge in [0.2, 0.25) is 5.91 Å². The quantitative estimate of drug-likeness (QED) is 0.838. The maximum absolute atomic E-state index is 12.6. The summed E-state index contributed by atoms with van der Waals surface area (Å²) < 4.78 is 1.53. The lowest BCUT2D eigenvalue weighted by atomic mass is 10.1. The Bertz CT molecular complexity index is 651. The molecule has 0 aliphatic carbocycles. The number of aryl methyl sites for hydroxylation is 1. The Hall–Kier alpha value is -2.11. The fourth-order valence-corrected chi connectivity index (χ4v) is 2.90. The van der Waals surface area contributed by atoms with Gasteiger partial charge in [0.25, 0.3) is 11.5 Å². The maximum atomic E-state index is 12.6. The van der Waals surface area contributed by atoms with E-state index in [1.54, 1.807) is 24.1 Å². The highest BCUT2D eigenvalue weighted by Crippen LogP contribution is 2.16. The van der Waals surface area contributed by atoms with E-state index in [9.17, 15) is 14.4 Å². The highest BCUT2D eigenvalue weighted by atomic mass is 16.2. The summed E-state index contributed by atoms with van der Waals surface area (Å²) in [5.74, 6) is 0.116. The molecule has 6 nitrogen and oxygen atoms in total. The molecule has 6 heteroatoms. The smallest absolute Gasteiger partial charge is 0.254 e. The van der Waals surface area contributed by atoms with Crippen LogP contribution in [0, 0.1) is 5.92 Å². The van der Waals surface area contributed by atoms with E-state index in [2.05, 4.69) is 13.8 Å². The van der Waals surface area contributed by atoms with Gasteiger partial charge in [0.1, 0.15) is 6.04 Å². The molecule has 1 saturated heterocycles. The van der Waals surface area contributed by atoms with Crippen LogP contribution in [0.2, 0.25) is 0 Å². The lowest BCUT2D eigenvalue weighted by Gasteiger charge is -2.39. The number of rotatable bonds is 4. The summed E-state index contributed by atoms with van der Waals surface area (Å²) >= 11 is 0. The van der Waals surface area contributed by atoms with Crippen LogP contribution in [0.25, 0.3) is 0 Å². The predicted molar refractivity (Wildman–Crippen MR) is 88.3 cm³/mol. The van der Waals surface area contributed by atoms with Gasteiger partial charge in [0.15, 0.2) is 0 Å². The summed E-state index contributed by atoms with van der Waals surface area (Å²) in [6.45, 7) is 10.1. The Kier molecular flexibility index (Phi) is 5.23. The molecule has 0 bridgehead atoms. The minimum absolute atomic E-state index is 0.0276. The first-order valence-corrected chi connectivity index (χ1v) is 8.15. The average molecular weight is 319 g/mol. The minimum atomic E-state index is -0.497. The van der Waals surface area contributed by atoms with Gasteiger partial charge in [0.05, 0.1) is 0 Å². The zero-order chi connectivity index (χ0) is 17.1. The van der Waals surface area contributed by atoms with Crippen LogP contribution in [0.3, 0.4) is 0 Å². The van der Waals surface area contributed by atoms with Crippen LogP contribution < -0.4 is 5.56 Å². The number of piperazine rings is 1. The molecule has 1 atom stereocenters. The Morgan fingerprint density at radius 2 is 2.00 bits per heavy atom. The topological polar surface area (TPSA) is 62.6 Å². The molecule has 2 heterocycles. The molecule has 23 heavy (non-hydrogen) atoms. The lowest BCUT2D eigenvalue weighted by molar-refractivity contribution is -0.140. The SMILES string of the molecule is CCn1ccc(C(=O)N2CCN(CC(C)C)C(=O)[C@H]2C)cc1=O. The van der Waals surface area contributed by atoms with Crippen molar-refractivity contribution in [2.75, 3.05) is 19.6 Å². The van der Waals surface area contributed by atoms with Crippen molar-refractivity contribution in [3.8, 4) is 0 Å². The van der Waals surface area contributed by atoms with Gasteiger partial charge in [-0.1, -0.05) is 13.8 Å². The number of aromatic nitrogens is 1. The lowest BCUT2D eigenvalue weighted by Crippen LogP contribution is -2.58. The van der Waals surface area contributed by atoms with Crippen LogP contribution >= 0.6 is 0 Å².